The van der Waals surface area contributed by atoms with Gasteiger partial charge in [0.25, 0.3) is 0 Å². The normalized spacial score (nSPS) is 17.3. The van der Waals surface area contributed by atoms with Crippen LogP contribution in [0.5, 0.6) is 5.75 Å². The summed E-state index contributed by atoms with van der Waals surface area (Å²) < 4.78 is 58.4. The first-order valence-corrected chi connectivity index (χ1v) is 11.9. The monoisotopic (exact) mass is 533 g/mol. The van der Waals surface area contributed by atoms with Crippen LogP contribution in [0.4, 0.5) is 13.2 Å². The predicted molar refractivity (Wildman–Crippen MR) is 128 cm³/mol. The zero-order chi connectivity index (χ0) is 25.8. The molecule has 0 spiro atoms. The van der Waals surface area contributed by atoms with Gasteiger partial charge in [-0.3, -0.25) is 9.69 Å². The number of carbonyl (C=O) groups excluding carboxylic acids is 1. The molecule has 192 valence electrons. The van der Waals surface area contributed by atoms with E-state index in [0.29, 0.717) is 28.7 Å². The van der Waals surface area contributed by atoms with E-state index in [2.05, 4.69) is 0 Å². The fourth-order valence-electron chi connectivity index (χ4n) is 3.71. The number of rotatable bonds is 7. The highest BCUT2D eigenvalue weighted by Gasteiger charge is 2.37. The van der Waals surface area contributed by atoms with Crippen LogP contribution >= 0.6 is 23.2 Å². The van der Waals surface area contributed by atoms with Crippen LogP contribution in [-0.2, 0) is 27.1 Å². The van der Waals surface area contributed by atoms with Crippen LogP contribution in [0, 0.1) is 0 Å². The van der Waals surface area contributed by atoms with Gasteiger partial charge in [0.15, 0.2) is 0 Å². The van der Waals surface area contributed by atoms with Crippen molar-refractivity contribution in [1.82, 2.24) is 4.90 Å². The number of nitrogens with zero attached hydrogens (tertiary/aromatic N) is 1. The lowest BCUT2D eigenvalue weighted by Gasteiger charge is -2.34. The summed E-state index contributed by atoms with van der Waals surface area (Å²) in [4.78, 5) is 13.9. The van der Waals surface area contributed by atoms with Gasteiger partial charge in [0, 0.05) is 35.2 Å². The molecule has 0 aliphatic carbocycles. The smallest absolute Gasteiger partial charge is 0.416 e. The van der Waals surface area contributed by atoms with Gasteiger partial charge < -0.3 is 14.2 Å². The van der Waals surface area contributed by atoms with Crippen LogP contribution < -0.4 is 4.74 Å². The Balaban J connectivity index is 1.72. The Labute approximate surface area is 213 Å². The number of morpholine rings is 1. The highest BCUT2D eigenvalue weighted by molar-refractivity contribution is 6.35. The predicted octanol–water partition coefficient (Wildman–Crippen LogP) is 6.70. The maximum Gasteiger partial charge on any atom is 0.416 e. The van der Waals surface area contributed by atoms with Crippen LogP contribution in [0.15, 0.2) is 36.4 Å². The van der Waals surface area contributed by atoms with Gasteiger partial charge in [0.1, 0.15) is 18.0 Å². The lowest BCUT2D eigenvalue weighted by molar-refractivity contribution is -0.155. The first kappa shape index (κ1) is 27.6. The third-order valence-corrected chi connectivity index (χ3v) is 6.03. The Morgan fingerprint density at radius 3 is 2.46 bits per heavy atom. The third kappa shape index (κ3) is 8.00. The minimum absolute atomic E-state index is 0.0163. The van der Waals surface area contributed by atoms with Gasteiger partial charge >= 0.3 is 12.1 Å². The van der Waals surface area contributed by atoms with Gasteiger partial charge in [-0.25, -0.2) is 0 Å². The molecule has 1 atom stereocenters. The summed E-state index contributed by atoms with van der Waals surface area (Å²) in [5, 5.41) is 0.736. The molecule has 0 aromatic heterocycles. The summed E-state index contributed by atoms with van der Waals surface area (Å²) in [6.45, 7) is 6.63. The van der Waals surface area contributed by atoms with Gasteiger partial charge in [-0.1, -0.05) is 35.3 Å². The molecule has 0 N–H and O–H groups in total. The van der Waals surface area contributed by atoms with E-state index in [4.69, 9.17) is 37.4 Å². The molecule has 10 heteroatoms. The van der Waals surface area contributed by atoms with Crippen molar-refractivity contribution in [2.24, 2.45) is 0 Å². The Morgan fingerprint density at radius 1 is 1.14 bits per heavy atom. The van der Waals surface area contributed by atoms with Crippen molar-refractivity contribution >= 4 is 29.2 Å². The van der Waals surface area contributed by atoms with E-state index in [0.717, 1.165) is 6.07 Å². The van der Waals surface area contributed by atoms with Gasteiger partial charge in [0.2, 0.25) is 0 Å². The molecule has 3 rings (SSSR count). The SMILES string of the molecule is CC(C)(C)OC(=O)CCN1CCOC(c2ccc(OCc3c(Cl)cccc3Cl)cc2C(F)(F)F)C1. The molecule has 2 aromatic rings. The maximum absolute atomic E-state index is 14.0. The Hall–Kier alpha value is -2.00. The Kier molecular flexibility index (Phi) is 8.96. The van der Waals surface area contributed by atoms with Crippen molar-refractivity contribution in [3.63, 3.8) is 0 Å². The van der Waals surface area contributed by atoms with E-state index in [-0.39, 0.29) is 43.5 Å². The molecule has 0 amide bonds. The number of halogens is 5. The number of carbonyl (C=O) groups is 1. The Morgan fingerprint density at radius 2 is 1.83 bits per heavy atom. The molecule has 0 bridgehead atoms. The van der Waals surface area contributed by atoms with Gasteiger partial charge in [-0.2, -0.15) is 13.2 Å². The highest BCUT2D eigenvalue weighted by atomic mass is 35.5. The molecule has 1 aliphatic heterocycles. The summed E-state index contributed by atoms with van der Waals surface area (Å²) in [6.07, 6.45) is -5.27. The lowest BCUT2D eigenvalue weighted by Crippen LogP contribution is -2.40. The first-order chi connectivity index (χ1) is 16.3. The summed E-state index contributed by atoms with van der Waals surface area (Å²) in [5.41, 5.74) is -0.917. The van der Waals surface area contributed by atoms with E-state index in [1.165, 1.54) is 12.1 Å². The average molecular weight is 534 g/mol. The van der Waals surface area contributed by atoms with E-state index < -0.39 is 23.4 Å². The molecule has 1 saturated heterocycles. The zero-order valence-corrected chi connectivity index (χ0v) is 21.3. The molecule has 0 radical (unpaired) electrons. The second kappa shape index (κ2) is 11.4. The number of hydrogen-bond donors (Lipinski definition) is 0. The number of ether oxygens (including phenoxy) is 3. The van der Waals surface area contributed by atoms with Crippen LogP contribution in [0.3, 0.4) is 0 Å². The van der Waals surface area contributed by atoms with Crippen molar-refractivity contribution in [1.29, 1.82) is 0 Å². The standard InChI is InChI=1S/C25H28Cl2F3NO4/c1-24(2,3)35-23(32)9-10-31-11-12-33-22(14-31)17-8-7-16(13-19(17)25(28,29)30)34-15-18-20(26)5-4-6-21(18)27/h4-8,13,22H,9-12,14-15H2,1-3H3. The molecule has 2 aromatic carbocycles. The molecular formula is C25H28Cl2F3NO4. The minimum Gasteiger partial charge on any atom is -0.489 e. The minimum atomic E-state index is -4.61. The number of esters is 1. The van der Waals surface area contributed by atoms with Gasteiger partial charge in [-0.15, -0.1) is 0 Å². The van der Waals surface area contributed by atoms with Crippen molar-refractivity contribution in [2.45, 2.75) is 51.7 Å². The first-order valence-electron chi connectivity index (χ1n) is 11.2. The van der Waals surface area contributed by atoms with Gasteiger partial charge in [-0.05, 0) is 50.6 Å². The maximum atomic E-state index is 14.0. The molecule has 1 heterocycles. The van der Waals surface area contributed by atoms with E-state index >= 15 is 0 Å². The fraction of sp³-hybridized carbons (Fsp3) is 0.480. The number of alkyl halides is 3. The topological polar surface area (TPSA) is 48.0 Å². The van der Waals surface area contributed by atoms with Crippen LogP contribution in [0.2, 0.25) is 10.0 Å². The number of benzene rings is 2. The summed E-state index contributed by atoms with van der Waals surface area (Å²) in [5.74, 6) is -0.314. The molecule has 1 aliphatic rings. The average Bonchev–Trinajstić information content (AvgIpc) is 2.76. The quantitative estimate of drug-likeness (QED) is 0.370. The second-order valence-corrected chi connectivity index (χ2v) is 10.0. The molecule has 1 fully saturated rings. The van der Waals surface area contributed by atoms with E-state index in [1.54, 1.807) is 39.0 Å². The van der Waals surface area contributed by atoms with Crippen LogP contribution in [0.25, 0.3) is 0 Å². The van der Waals surface area contributed by atoms with E-state index in [9.17, 15) is 18.0 Å². The van der Waals surface area contributed by atoms with Crippen LogP contribution in [-0.4, -0.2) is 42.7 Å². The van der Waals surface area contributed by atoms with Crippen molar-refractivity contribution in [3.05, 3.63) is 63.1 Å². The van der Waals surface area contributed by atoms with E-state index in [1.807, 2.05) is 4.90 Å². The molecular weight excluding hydrogens is 506 g/mol. The lowest BCUT2D eigenvalue weighted by atomic mass is 10.00. The summed E-state index contributed by atoms with van der Waals surface area (Å²) in [6, 6.07) is 8.73. The fourth-order valence-corrected chi connectivity index (χ4v) is 4.22. The van der Waals surface area contributed by atoms with Crippen molar-refractivity contribution in [2.75, 3.05) is 26.2 Å². The van der Waals surface area contributed by atoms with Crippen LogP contribution in [0.1, 0.15) is 50.0 Å². The molecule has 0 saturated carbocycles. The number of hydrogen-bond acceptors (Lipinski definition) is 5. The second-order valence-electron chi connectivity index (χ2n) is 9.23. The Bertz CT molecular complexity index is 1020. The molecule has 35 heavy (non-hydrogen) atoms. The van der Waals surface area contributed by atoms with Crippen molar-refractivity contribution < 1.29 is 32.2 Å². The van der Waals surface area contributed by atoms with Gasteiger partial charge in [0.05, 0.1) is 24.7 Å². The summed E-state index contributed by atoms with van der Waals surface area (Å²) >= 11 is 12.2. The molecule has 5 nitrogen and oxygen atoms in total. The molecule has 1 unspecified atom stereocenters. The van der Waals surface area contributed by atoms with Crippen molar-refractivity contribution in [3.8, 4) is 5.75 Å². The zero-order valence-electron chi connectivity index (χ0n) is 19.8. The highest BCUT2D eigenvalue weighted by Crippen LogP contribution is 2.39. The largest absolute Gasteiger partial charge is 0.489 e. The summed E-state index contributed by atoms with van der Waals surface area (Å²) in [7, 11) is 0. The third-order valence-electron chi connectivity index (χ3n) is 5.32.